The molecule has 2 aliphatic carbocycles. The number of amides is 1. The van der Waals surface area contributed by atoms with Crippen molar-refractivity contribution >= 4 is 11.9 Å². The van der Waals surface area contributed by atoms with Crippen LogP contribution in [0.3, 0.4) is 0 Å². The highest BCUT2D eigenvalue weighted by atomic mass is 16.5. The van der Waals surface area contributed by atoms with Gasteiger partial charge in [-0.2, -0.15) is 0 Å². The summed E-state index contributed by atoms with van der Waals surface area (Å²) < 4.78 is 4.94. The number of carbonyl (C=O) groups excluding carboxylic acids is 2. The van der Waals surface area contributed by atoms with Crippen LogP contribution in [0.4, 0.5) is 0 Å². The first-order valence-electron chi connectivity index (χ1n) is 10.6. The molecule has 1 heterocycles. The number of imidazole rings is 1. The van der Waals surface area contributed by atoms with Crippen LogP contribution in [-0.2, 0) is 16.0 Å². The maximum atomic E-state index is 13.5. The second-order valence-electron chi connectivity index (χ2n) is 8.26. The Hall–Kier alpha value is -3.07. The lowest BCUT2D eigenvalue weighted by molar-refractivity contribution is -0.142. The molecule has 2 aliphatic rings. The summed E-state index contributed by atoms with van der Waals surface area (Å²) in [5.74, 6) is 2.76. The predicted molar refractivity (Wildman–Crippen MR) is 113 cm³/mol. The fraction of sp³-hybridized carbons (Fsp3) is 0.458. The minimum absolute atomic E-state index is 0.225. The molecule has 6 heteroatoms. The van der Waals surface area contributed by atoms with E-state index in [1.54, 1.807) is 12.5 Å². The van der Waals surface area contributed by atoms with Crippen molar-refractivity contribution in [1.29, 1.82) is 0 Å². The van der Waals surface area contributed by atoms with Crippen molar-refractivity contribution in [3.05, 3.63) is 52.6 Å². The molecule has 0 unspecified atom stereocenters. The monoisotopic (exact) mass is 405 g/mol. The van der Waals surface area contributed by atoms with Gasteiger partial charge in [0, 0.05) is 29.4 Å². The number of terminal acetylenes is 1. The molecule has 0 saturated heterocycles. The van der Waals surface area contributed by atoms with Crippen LogP contribution in [0.25, 0.3) is 0 Å². The standard InChI is InChI=1S/C24H27N3O3/c1-3-15-10-19(16-6-4-7-16)22(20(11-15)17-8-5-9-17)23(28)27-21(24(29)30-2)12-18-13-25-14-26-18/h1,10-11,13-14,16-17,21H,4-9,12H2,2H3,(H,25,26)(H,27,28)/t21-/m1/s1. The Morgan fingerprint density at radius 3 is 2.30 bits per heavy atom. The Bertz CT molecular complexity index is 931. The number of methoxy groups -OCH3 is 1. The van der Waals surface area contributed by atoms with E-state index >= 15 is 0 Å². The number of nitrogens with zero attached hydrogens (tertiary/aromatic N) is 1. The number of nitrogens with one attached hydrogen (secondary N) is 2. The molecule has 0 aliphatic heterocycles. The largest absolute Gasteiger partial charge is 0.467 e. The van der Waals surface area contributed by atoms with Gasteiger partial charge in [-0.05, 0) is 60.8 Å². The maximum absolute atomic E-state index is 13.5. The molecule has 156 valence electrons. The van der Waals surface area contributed by atoms with Crippen LogP contribution in [0.15, 0.2) is 24.7 Å². The Morgan fingerprint density at radius 1 is 1.23 bits per heavy atom. The van der Waals surface area contributed by atoms with Crippen LogP contribution < -0.4 is 5.32 Å². The third-order valence-electron chi connectivity index (χ3n) is 6.45. The molecular formula is C24H27N3O3. The lowest BCUT2D eigenvalue weighted by Gasteiger charge is -2.33. The first-order chi connectivity index (χ1) is 14.6. The summed E-state index contributed by atoms with van der Waals surface area (Å²) in [7, 11) is 1.33. The Kier molecular flexibility index (Phi) is 5.89. The second-order valence-corrected chi connectivity index (χ2v) is 8.26. The Labute approximate surface area is 176 Å². The summed E-state index contributed by atoms with van der Waals surface area (Å²) in [6.07, 6.45) is 15.8. The van der Waals surface area contributed by atoms with Gasteiger partial charge in [0.15, 0.2) is 0 Å². The molecule has 2 aromatic rings. The van der Waals surface area contributed by atoms with Gasteiger partial charge in [0.1, 0.15) is 6.04 Å². The highest BCUT2D eigenvalue weighted by molar-refractivity contribution is 6.00. The average Bonchev–Trinajstić information content (AvgIpc) is 3.16. The number of carbonyl (C=O) groups is 2. The van der Waals surface area contributed by atoms with Gasteiger partial charge in [-0.3, -0.25) is 4.79 Å². The number of benzene rings is 1. The van der Waals surface area contributed by atoms with Gasteiger partial charge in [-0.25, -0.2) is 9.78 Å². The summed E-state index contributed by atoms with van der Waals surface area (Å²) in [6, 6.07) is 3.19. The summed E-state index contributed by atoms with van der Waals surface area (Å²) in [4.78, 5) is 32.9. The van der Waals surface area contributed by atoms with Crippen LogP contribution >= 0.6 is 0 Å². The Balaban J connectivity index is 1.69. The van der Waals surface area contributed by atoms with Crippen LogP contribution in [0, 0.1) is 12.3 Å². The number of rotatable bonds is 7. The lowest BCUT2D eigenvalue weighted by Crippen LogP contribution is -2.44. The van der Waals surface area contributed by atoms with Gasteiger partial charge in [-0.1, -0.05) is 18.8 Å². The zero-order valence-corrected chi connectivity index (χ0v) is 17.2. The summed E-state index contributed by atoms with van der Waals surface area (Å²) >= 11 is 0. The highest BCUT2D eigenvalue weighted by Crippen LogP contribution is 2.44. The minimum atomic E-state index is -0.793. The lowest BCUT2D eigenvalue weighted by atomic mass is 9.72. The van der Waals surface area contributed by atoms with Crippen LogP contribution in [0.5, 0.6) is 0 Å². The van der Waals surface area contributed by atoms with E-state index in [2.05, 4.69) is 21.2 Å². The number of hydrogen-bond acceptors (Lipinski definition) is 4. The fourth-order valence-corrected chi connectivity index (χ4v) is 4.30. The third kappa shape index (κ3) is 3.97. The highest BCUT2D eigenvalue weighted by Gasteiger charge is 2.33. The SMILES string of the molecule is C#Cc1cc(C2CCC2)c(C(=O)N[C@H](Cc2cnc[nH]2)C(=O)OC)c(C2CCC2)c1. The molecule has 1 amide bonds. The maximum Gasteiger partial charge on any atom is 0.328 e. The molecule has 0 spiro atoms. The molecule has 4 rings (SSSR count). The normalized spacial score (nSPS) is 17.3. The fourth-order valence-electron chi connectivity index (χ4n) is 4.30. The van der Waals surface area contributed by atoms with E-state index < -0.39 is 12.0 Å². The van der Waals surface area contributed by atoms with Gasteiger partial charge in [0.25, 0.3) is 5.91 Å². The van der Waals surface area contributed by atoms with Crippen molar-refractivity contribution in [3.8, 4) is 12.3 Å². The predicted octanol–water partition coefficient (Wildman–Crippen LogP) is 3.44. The van der Waals surface area contributed by atoms with Gasteiger partial charge in [0.2, 0.25) is 0 Å². The molecule has 2 saturated carbocycles. The van der Waals surface area contributed by atoms with Crippen molar-refractivity contribution in [2.45, 2.75) is 62.8 Å². The first kappa shape index (κ1) is 20.2. The second kappa shape index (κ2) is 8.74. The van der Waals surface area contributed by atoms with Crippen molar-refractivity contribution in [2.75, 3.05) is 7.11 Å². The molecule has 0 radical (unpaired) electrons. The molecule has 2 N–H and O–H groups in total. The van der Waals surface area contributed by atoms with Crippen LogP contribution in [-0.4, -0.2) is 35.0 Å². The molecule has 6 nitrogen and oxygen atoms in total. The van der Waals surface area contributed by atoms with E-state index in [4.69, 9.17) is 11.2 Å². The first-order valence-corrected chi connectivity index (χ1v) is 10.6. The summed E-state index contributed by atoms with van der Waals surface area (Å²) in [5.41, 5.74) is 4.36. The quantitative estimate of drug-likeness (QED) is 0.546. The van der Waals surface area contributed by atoms with E-state index in [0.29, 0.717) is 23.8 Å². The number of esters is 1. The molecule has 0 bridgehead atoms. The minimum Gasteiger partial charge on any atom is -0.467 e. The zero-order chi connectivity index (χ0) is 21.1. The van der Waals surface area contributed by atoms with Gasteiger partial charge in [0.05, 0.1) is 13.4 Å². The number of aromatic amines is 1. The van der Waals surface area contributed by atoms with E-state index in [0.717, 1.165) is 60.9 Å². The third-order valence-corrected chi connectivity index (χ3v) is 6.45. The van der Waals surface area contributed by atoms with Gasteiger partial charge >= 0.3 is 5.97 Å². The smallest absolute Gasteiger partial charge is 0.328 e. The molecule has 30 heavy (non-hydrogen) atoms. The van der Waals surface area contributed by atoms with Crippen LogP contribution in [0.1, 0.15) is 83.1 Å². The van der Waals surface area contributed by atoms with Crippen molar-refractivity contribution in [2.24, 2.45) is 0 Å². The molecule has 2 fully saturated rings. The molecular weight excluding hydrogens is 378 g/mol. The molecule has 1 atom stereocenters. The van der Waals surface area contributed by atoms with Gasteiger partial charge in [-0.15, -0.1) is 6.42 Å². The van der Waals surface area contributed by atoms with E-state index in [9.17, 15) is 9.59 Å². The van der Waals surface area contributed by atoms with Crippen molar-refractivity contribution in [1.82, 2.24) is 15.3 Å². The van der Waals surface area contributed by atoms with E-state index in [1.807, 2.05) is 12.1 Å². The number of H-pyrrole nitrogens is 1. The number of aromatic nitrogens is 2. The molecule has 1 aromatic heterocycles. The van der Waals surface area contributed by atoms with E-state index in [-0.39, 0.29) is 5.91 Å². The van der Waals surface area contributed by atoms with Crippen molar-refractivity contribution < 1.29 is 14.3 Å². The van der Waals surface area contributed by atoms with E-state index in [1.165, 1.54) is 7.11 Å². The topological polar surface area (TPSA) is 84.1 Å². The summed E-state index contributed by atoms with van der Waals surface area (Å²) in [6.45, 7) is 0. The Morgan fingerprint density at radius 2 is 1.87 bits per heavy atom. The average molecular weight is 405 g/mol. The van der Waals surface area contributed by atoms with Gasteiger partial charge < -0.3 is 15.0 Å². The molecule has 1 aromatic carbocycles. The zero-order valence-electron chi connectivity index (χ0n) is 17.2. The number of ether oxygens (including phenoxy) is 1. The summed E-state index contributed by atoms with van der Waals surface area (Å²) in [5, 5.41) is 2.93. The number of hydrogen-bond donors (Lipinski definition) is 2. The van der Waals surface area contributed by atoms with Crippen molar-refractivity contribution in [3.63, 3.8) is 0 Å². The van der Waals surface area contributed by atoms with Crippen LogP contribution in [0.2, 0.25) is 0 Å².